The summed E-state index contributed by atoms with van der Waals surface area (Å²) in [5.41, 5.74) is 6.56. The zero-order chi connectivity index (χ0) is 19.8. The van der Waals surface area contributed by atoms with Gasteiger partial charge in [0.15, 0.2) is 6.61 Å². The van der Waals surface area contributed by atoms with Crippen LogP contribution in [0.3, 0.4) is 0 Å². The first-order valence-corrected chi connectivity index (χ1v) is 9.31. The van der Waals surface area contributed by atoms with Gasteiger partial charge in [-0.15, -0.1) is 0 Å². The SMILES string of the molecule is COc1ccc(CC(=O)NNC(=O)COc2ccc(Br)cc2C(C)C)cc1. The van der Waals surface area contributed by atoms with E-state index in [1.807, 2.05) is 32.0 Å². The summed E-state index contributed by atoms with van der Waals surface area (Å²) in [6, 6.07) is 12.8. The number of ether oxygens (including phenoxy) is 2. The highest BCUT2D eigenvalue weighted by atomic mass is 79.9. The van der Waals surface area contributed by atoms with Crippen molar-refractivity contribution in [1.29, 1.82) is 0 Å². The number of rotatable bonds is 7. The van der Waals surface area contributed by atoms with Crippen molar-refractivity contribution in [3.05, 3.63) is 58.1 Å². The fourth-order valence-corrected chi connectivity index (χ4v) is 2.77. The van der Waals surface area contributed by atoms with Gasteiger partial charge >= 0.3 is 0 Å². The molecule has 27 heavy (non-hydrogen) atoms. The van der Waals surface area contributed by atoms with E-state index in [4.69, 9.17) is 9.47 Å². The molecule has 0 atom stereocenters. The number of halogens is 1. The van der Waals surface area contributed by atoms with Crippen molar-refractivity contribution in [3.8, 4) is 11.5 Å². The molecule has 0 fully saturated rings. The van der Waals surface area contributed by atoms with Crippen molar-refractivity contribution in [2.24, 2.45) is 0 Å². The highest BCUT2D eigenvalue weighted by Crippen LogP contribution is 2.29. The molecule has 0 heterocycles. The van der Waals surface area contributed by atoms with Crippen LogP contribution in [0.15, 0.2) is 46.9 Å². The Balaban J connectivity index is 1.79. The summed E-state index contributed by atoms with van der Waals surface area (Å²) < 4.78 is 11.6. The standard InChI is InChI=1S/C20H23BrN2O4/c1-13(2)17-11-15(21)6-9-18(17)27-12-20(25)23-22-19(24)10-14-4-7-16(26-3)8-5-14/h4-9,11,13H,10,12H2,1-3H3,(H,22,24)(H,23,25). The first kappa shape index (κ1) is 20.8. The molecule has 0 aliphatic rings. The van der Waals surface area contributed by atoms with Crippen LogP contribution in [-0.4, -0.2) is 25.5 Å². The average Bonchev–Trinajstić information content (AvgIpc) is 2.65. The molecule has 6 nitrogen and oxygen atoms in total. The molecule has 0 aliphatic heterocycles. The number of hydrazine groups is 1. The first-order chi connectivity index (χ1) is 12.9. The number of benzene rings is 2. The maximum atomic E-state index is 11.9. The third kappa shape index (κ3) is 6.60. The van der Waals surface area contributed by atoms with Crippen LogP contribution in [0.4, 0.5) is 0 Å². The molecule has 0 unspecified atom stereocenters. The lowest BCUT2D eigenvalue weighted by Gasteiger charge is -2.14. The third-order valence-electron chi connectivity index (χ3n) is 3.82. The molecule has 7 heteroatoms. The predicted octanol–water partition coefficient (Wildman–Crippen LogP) is 3.35. The van der Waals surface area contributed by atoms with Crippen molar-refractivity contribution < 1.29 is 19.1 Å². The Morgan fingerprint density at radius 2 is 1.70 bits per heavy atom. The van der Waals surface area contributed by atoms with E-state index < -0.39 is 5.91 Å². The molecule has 144 valence electrons. The van der Waals surface area contributed by atoms with Gasteiger partial charge in [-0.2, -0.15) is 0 Å². The minimum absolute atomic E-state index is 0.148. The summed E-state index contributed by atoms with van der Waals surface area (Å²) in [4.78, 5) is 23.9. The maximum absolute atomic E-state index is 11.9. The second-order valence-corrected chi connectivity index (χ2v) is 7.16. The van der Waals surface area contributed by atoms with E-state index in [-0.39, 0.29) is 24.9 Å². The van der Waals surface area contributed by atoms with Gasteiger partial charge in [0.2, 0.25) is 5.91 Å². The summed E-state index contributed by atoms with van der Waals surface area (Å²) in [6.07, 6.45) is 0.148. The van der Waals surface area contributed by atoms with Gasteiger partial charge in [-0.1, -0.05) is 41.9 Å². The van der Waals surface area contributed by atoms with Gasteiger partial charge in [0.05, 0.1) is 13.5 Å². The maximum Gasteiger partial charge on any atom is 0.276 e. The Morgan fingerprint density at radius 1 is 1.04 bits per heavy atom. The van der Waals surface area contributed by atoms with Crippen molar-refractivity contribution in [3.63, 3.8) is 0 Å². The normalized spacial score (nSPS) is 10.4. The van der Waals surface area contributed by atoms with Gasteiger partial charge in [0.1, 0.15) is 11.5 Å². The van der Waals surface area contributed by atoms with Gasteiger partial charge in [0, 0.05) is 4.47 Å². The second-order valence-electron chi connectivity index (χ2n) is 6.25. The minimum atomic E-state index is -0.435. The molecular weight excluding hydrogens is 412 g/mol. The Morgan fingerprint density at radius 3 is 2.33 bits per heavy atom. The van der Waals surface area contributed by atoms with Crippen LogP contribution in [0.25, 0.3) is 0 Å². The van der Waals surface area contributed by atoms with E-state index in [0.29, 0.717) is 5.75 Å². The molecule has 0 radical (unpaired) electrons. The van der Waals surface area contributed by atoms with Crippen LogP contribution in [0.1, 0.15) is 30.9 Å². The molecule has 2 amide bonds. The number of methoxy groups -OCH3 is 1. The van der Waals surface area contributed by atoms with Crippen LogP contribution in [0.5, 0.6) is 11.5 Å². The lowest BCUT2D eigenvalue weighted by atomic mass is 10.0. The molecule has 0 aliphatic carbocycles. The molecule has 2 N–H and O–H groups in total. The molecule has 0 saturated heterocycles. The third-order valence-corrected chi connectivity index (χ3v) is 4.31. The highest BCUT2D eigenvalue weighted by molar-refractivity contribution is 9.10. The monoisotopic (exact) mass is 434 g/mol. The van der Waals surface area contributed by atoms with E-state index >= 15 is 0 Å². The number of carbonyl (C=O) groups is 2. The Labute approximate surface area is 167 Å². The van der Waals surface area contributed by atoms with Crippen LogP contribution >= 0.6 is 15.9 Å². The van der Waals surface area contributed by atoms with Crippen molar-refractivity contribution in [2.45, 2.75) is 26.2 Å². The molecular formula is C20H23BrN2O4. The molecule has 2 rings (SSSR count). The summed E-state index contributed by atoms with van der Waals surface area (Å²) in [5.74, 6) is 0.867. The fourth-order valence-electron chi connectivity index (χ4n) is 2.39. The summed E-state index contributed by atoms with van der Waals surface area (Å²) in [7, 11) is 1.58. The van der Waals surface area contributed by atoms with E-state index in [1.54, 1.807) is 31.4 Å². The van der Waals surface area contributed by atoms with Gasteiger partial charge < -0.3 is 9.47 Å². The van der Waals surface area contributed by atoms with E-state index in [0.717, 1.165) is 21.3 Å². The second kappa shape index (κ2) is 9.97. The molecule has 0 bridgehead atoms. The summed E-state index contributed by atoms with van der Waals surface area (Å²) in [6.45, 7) is 3.91. The zero-order valence-electron chi connectivity index (χ0n) is 15.5. The van der Waals surface area contributed by atoms with E-state index in [1.165, 1.54) is 0 Å². The number of nitrogens with one attached hydrogen (secondary N) is 2. The number of amides is 2. The largest absolute Gasteiger partial charge is 0.497 e. The van der Waals surface area contributed by atoms with E-state index in [9.17, 15) is 9.59 Å². The van der Waals surface area contributed by atoms with Crippen molar-refractivity contribution >= 4 is 27.7 Å². The lowest BCUT2D eigenvalue weighted by Crippen LogP contribution is -2.44. The van der Waals surface area contributed by atoms with Gasteiger partial charge in [-0.3, -0.25) is 20.4 Å². The predicted molar refractivity (Wildman–Crippen MR) is 107 cm³/mol. The van der Waals surface area contributed by atoms with E-state index in [2.05, 4.69) is 26.8 Å². The van der Waals surface area contributed by atoms with Gasteiger partial charge in [-0.05, 0) is 47.4 Å². The smallest absolute Gasteiger partial charge is 0.276 e. The number of hydrogen-bond donors (Lipinski definition) is 2. The summed E-state index contributed by atoms with van der Waals surface area (Å²) >= 11 is 3.43. The zero-order valence-corrected chi connectivity index (χ0v) is 17.1. The molecule has 0 saturated carbocycles. The Kier molecular flexibility index (Phi) is 7.67. The highest BCUT2D eigenvalue weighted by Gasteiger charge is 2.11. The van der Waals surface area contributed by atoms with Crippen molar-refractivity contribution in [1.82, 2.24) is 10.9 Å². The first-order valence-electron chi connectivity index (χ1n) is 8.52. The number of hydrogen-bond acceptors (Lipinski definition) is 4. The van der Waals surface area contributed by atoms with Gasteiger partial charge in [0.25, 0.3) is 5.91 Å². The molecule has 2 aromatic rings. The Bertz CT molecular complexity index is 791. The topological polar surface area (TPSA) is 76.7 Å². The molecule has 0 spiro atoms. The van der Waals surface area contributed by atoms with Crippen LogP contribution in [0, 0.1) is 0 Å². The van der Waals surface area contributed by atoms with Crippen LogP contribution in [-0.2, 0) is 16.0 Å². The lowest BCUT2D eigenvalue weighted by molar-refractivity contribution is -0.129. The molecule has 2 aromatic carbocycles. The average molecular weight is 435 g/mol. The minimum Gasteiger partial charge on any atom is -0.497 e. The van der Waals surface area contributed by atoms with Crippen LogP contribution < -0.4 is 20.3 Å². The van der Waals surface area contributed by atoms with Gasteiger partial charge in [-0.25, -0.2) is 0 Å². The van der Waals surface area contributed by atoms with Crippen molar-refractivity contribution in [2.75, 3.05) is 13.7 Å². The van der Waals surface area contributed by atoms with Crippen LogP contribution in [0.2, 0.25) is 0 Å². The number of carbonyl (C=O) groups excluding carboxylic acids is 2. The summed E-state index contributed by atoms with van der Waals surface area (Å²) in [5, 5.41) is 0. The Hall–Kier alpha value is -2.54. The molecule has 0 aromatic heterocycles. The fraction of sp³-hybridized carbons (Fsp3) is 0.300. The quantitative estimate of drug-likeness (QED) is 0.655.